The average molecular weight is 216 g/mol. The van der Waals surface area contributed by atoms with Gasteiger partial charge in [-0.25, -0.2) is 0 Å². The van der Waals surface area contributed by atoms with E-state index in [2.05, 4.69) is 4.18 Å². The molecule has 0 radical (unpaired) electrons. The highest BCUT2D eigenvalue weighted by Crippen LogP contribution is 2.16. The SMILES string of the molecule is CCOS(=O)(=O)c1ccc(OC)cc1. The molecule has 0 aliphatic rings. The molecule has 0 amide bonds. The quantitative estimate of drug-likeness (QED) is 0.714. The molecule has 1 rings (SSSR count). The number of ether oxygens (including phenoxy) is 1. The van der Waals surface area contributed by atoms with Gasteiger partial charge >= 0.3 is 0 Å². The van der Waals surface area contributed by atoms with Gasteiger partial charge in [-0.15, -0.1) is 0 Å². The fourth-order valence-corrected chi connectivity index (χ4v) is 1.88. The van der Waals surface area contributed by atoms with Crippen LogP contribution in [0.1, 0.15) is 6.92 Å². The zero-order chi connectivity index (χ0) is 10.6. The van der Waals surface area contributed by atoms with Crippen LogP contribution in [-0.4, -0.2) is 22.1 Å². The van der Waals surface area contributed by atoms with Gasteiger partial charge in [-0.2, -0.15) is 8.42 Å². The first-order valence-electron chi connectivity index (χ1n) is 4.13. The lowest BCUT2D eigenvalue weighted by Gasteiger charge is -2.04. The highest BCUT2D eigenvalue weighted by molar-refractivity contribution is 7.86. The van der Waals surface area contributed by atoms with Crippen LogP contribution in [-0.2, 0) is 14.3 Å². The van der Waals surface area contributed by atoms with Crippen LogP contribution in [0.4, 0.5) is 0 Å². The van der Waals surface area contributed by atoms with Gasteiger partial charge in [0, 0.05) is 0 Å². The molecule has 1 aromatic carbocycles. The first kappa shape index (κ1) is 11.0. The predicted octanol–water partition coefficient (Wildman–Crippen LogP) is 1.42. The maximum absolute atomic E-state index is 11.4. The van der Waals surface area contributed by atoms with E-state index < -0.39 is 10.1 Å². The highest BCUT2D eigenvalue weighted by atomic mass is 32.2. The molecule has 1 aromatic rings. The Kier molecular flexibility index (Phi) is 3.49. The van der Waals surface area contributed by atoms with Crippen molar-refractivity contribution in [2.45, 2.75) is 11.8 Å². The second-order valence-corrected chi connectivity index (χ2v) is 4.15. The largest absolute Gasteiger partial charge is 0.497 e. The molecule has 5 heteroatoms. The van der Waals surface area contributed by atoms with Crippen molar-refractivity contribution < 1.29 is 17.3 Å². The summed E-state index contributed by atoms with van der Waals surface area (Å²) in [5, 5.41) is 0. The molecule has 0 aliphatic heterocycles. The molecule has 0 atom stereocenters. The van der Waals surface area contributed by atoms with Gasteiger partial charge in [-0.3, -0.25) is 4.18 Å². The van der Waals surface area contributed by atoms with E-state index in [1.807, 2.05) is 0 Å². The molecule has 78 valence electrons. The van der Waals surface area contributed by atoms with Gasteiger partial charge in [0.25, 0.3) is 10.1 Å². The summed E-state index contributed by atoms with van der Waals surface area (Å²) in [6.07, 6.45) is 0. The second kappa shape index (κ2) is 4.43. The number of hydrogen-bond donors (Lipinski definition) is 0. The minimum atomic E-state index is -3.59. The average Bonchev–Trinajstić information content (AvgIpc) is 2.18. The van der Waals surface area contributed by atoms with Crippen molar-refractivity contribution in [3.63, 3.8) is 0 Å². The summed E-state index contributed by atoms with van der Waals surface area (Å²) in [5.74, 6) is 0.612. The Morgan fingerprint density at radius 1 is 1.21 bits per heavy atom. The van der Waals surface area contributed by atoms with E-state index in [1.54, 1.807) is 19.1 Å². The molecule has 0 heterocycles. The fraction of sp³-hybridized carbons (Fsp3) is 0.333. The van der Waals surface area contributed by atoms with Crippen molar-refractivity contribution in [3.05, 3.63) is 24.3 Å². The molecule has 0 aromatic heterocycles. The van der Waals surface area contributed by atoms with Crippen molar-refractivity contribution >= 4 is 10.1 Å². The van der Waals surface area contributed by atoms with Crippen molar-refractivity contribution in [1.82, 2.24) is 0 Å². The third-order valence-electron chi connectivity index (χ3n) is 1.62. The molecule has 4 nitrogen and oxygen atoms in total. The highest BCUT2D eigenvalue weighted by Gasteiger charge is 2.13. The van der Waals surface area contributed by atoms with Gasteiger partial charge in [-0.1, -0.05) is 0 Å². The molecule has 0 N–H and O–H groups in total. The first-order chi connectivity index (χ1) is 6.60. The molecular weight excluding hydrogens is 204 g/mol. The van der Waals surface area contributed by atoms with E-state index in [9.17, 15) is 8.42 Å². The summed E-state index contributed by atoms with van der Waals surface area (Å²) < 4.78 is 32.3. The smallest absolute Gasteiger partial charge is 0.296 e. The molecular formula is C9H12O4S. The van der Waals surface area contributed by atoms with Gasteiger partial charge in [0.15, 0.2) is 0 Å². The molecule has 0 saturated carbocycles. The summed E-state index contributed by atoms with van der Waals surface area (Å²) in [4.78, 5) is 0.139. The third kappa shape index (κ3) is 2.46. The summed E-state index contributed by atoms with van der Waals surface area (Å²) in [5.41, 5.74) is 0. The summed E-state index contributed by atoms with van der Waals surface area (Å²) in [6.45, 7) is 1.76. The summed E-state index contributed by atoms with van der Waals surface area (Å²) >= 11 is 0. The minimum absolute atomic E-state index is 0.133. The number of hydrogen-bond acceptors (Lipinski definition) is 4. The standard InChI is InChI=1S/C9H12O4S/c1-3-13-14(10,11)9-6-4-8(12-2)5-7-9/h4-7H,3H2,1-2H3. The van der Waals surface area contributed by atoms with Gasteiger partial charge in [0.1, 0.15) is 5.75 Å². The minimum Gasteiger partial charge on any atom is -0.497 e. The van der Waals surface area contributed by atoms with E-state index >= 15 is 0 Å². The molecule has 0 aliphatic carbocycles. The monoisotopic (exact) mass is 216 g/mol. The van der Waals surface area contributed by atoms with Crippen molar-refractivity contribution in [2.24, 2.45) is 0 Å². The second-order valence-electron chi connectivity index (χ2n) is 2.54. The van der Waals surface area contributed by atoms with E-state index in [0.29, 0.717) is 5.75 Å². The van der Waals surface area contributed by atoms with Crippen LogP contribution >= 0.6 is 0 Å². The number of benzene rings is 1. The van der Waals surface area contributed by atoms with Crippen LogP contribution < -0.4 is 4.74 Å². The molecule has 0 spiro atoms. The van der Waals surface area contributed by atoms with Crippen LogP contribution in [0.25, 0.3) is 0 Å². The number of rotatable bonds is 4. The Labute approximate surface area is 83.6 Å². The zero-order valence-electron chi connectivity index (χ0n) is 8.06. The maximum Gasteiger partial charge on any atom is 0.296 e. The molecule has 0 bridgehead atoms. The van der Waals surface area contributed by atoms with E-state index in [-0.39, 0.29) is 11.5 Å². The zero-order valence-corrected chi connectivity index (χ0v) is 8.87. The number of methoxy groups -OCH3 is 1. The Bertz CT molecular complexity index is 380. The molecule has 0 saturated heterocycles. The van der Waals surface area contributed by atoms with E-state index in [1.165, 1.54) is 19.2 Å². The maximum atomic E-state index is 11.4. The van der Waals surface area contributed by atoms with Crippen LogP contribution in [0, 0.1) is 0 Å². The van der Waals surface area contributed by atoms with Crippen LogP contribution in [0.3, 0.4) is 0 Å². The Morgan fingerprint density at radius 3 is 2.21 bits per heavy atom. The lowest BCUT2D eigenvalue weighted by Crippen LogP contribution is -2.05. The van der Waals surface area contributed by atoms with Crippen molar-refractivity contribution in [2.75, 3.05) is 13.7 Å². The first-order valence-corrected chi connectivity index (χ1v) is 5.54. The van der Waals surface area contributed by atoms with Crippen LogP contribution in [0.5, 0.6) is 5.75 Å². The van der Waals surface area contributed by atoms with Gasteiger partial charge < -0.3 is 4.74 Å². The predicted molar refractivity (Wildman–Crippen MR) is 51.8 cm³/mol. The Balaban J connectivity index is 2.97. The van der Waals surface area contributed by atoms with E-state index in [4.69, 9.17) is 4.74 Å². The van der Waals surface area contributed by atoms with Crippen molar-refractivity contribution in [1.29, 1.82) is 0 Å². The van der Waals surface area contributed by atoms with Crippen LogP contribution in [0.15, 0.2) is 29.2 Å². The molecule has 0 unspecified atom stereocenters. The molecule has 14 heavy (non-hydrogen) atoms. The lowest BCUT2D eigenvalue weighted by molar-refractivity contribution is 0.338. The van der Waals surface area contributed by atoms with Gasteiger partial charge in [-0.05, 0) is 31.2 Å². The summed E-state index contributed by atoms with van der Waals surface area (Å²) in [7, 11) is -2.07. The van der Waals surface area contributed by atoms with E-state index in [0.717, 1.165) is 0 Å². The topological polar surface area (TPSA) is 52.6 Å². The van der Waals surface area contributed by atoms with Crippen molar-refractivity contribution in [3.8, 4) is 5.75 Å². The van der Waals surface area contributed by atoms with Gasteiger partial charge in [0.05, 0.1) is 18.6 Å². The lowest BCUT2D eigenvalue weighted by atomic mass is 10.3. The van der Waals surface area contributed by atoms with Gasteiger partial charge in [0.2, 0.25) is 0 Å². The van der Waals surface area contributed by atoms with Crippen LogP contribution in [0.2, 0.25) is 0 Å². The Hall–Kier alpha value is -1.07. The Morgan fingerprint density at radius 2 is 1.79 bits per heavy atom. The third-order valence-corrected chi connectivity index (χ3v) is 3.02. The molecule has 0 fully saturated rings. The fourth-order valence-electron chi connectivity index (χ4n) is 0.966. The summed E-state index contributed by atoms with van der Waals surface area (Å²) in [6, 6.07) is 6.05. The normalized spacial score (nSPS) is 11.3.